The second-order valence-corrected chi connectivity index (χ2v) is 9.42. The predicted octanol–water partition coefficient (Wildman–Crippen LogP) is 2.95. The molecule has 0 radical (unpaired) electrons. The van der Waals surface area contributed by atoms with Gasteiger partial charge in [0.25, 0.3) is 11.7 Å². The average molecular weight is 533 g/mol. The molecule has 5 rings (SSSR count). The van der Waals surface area contributed by atoms with E-state index in [9.17, 15) is 14.7 Å². The number of hydrogen-bond acceptors (Lipinski definition) is 8. The smallest absolute Gasteiger partial charge is 0.295 e. The van der Waals surface area contributed by atoms with Gasteiger partial charge in [-0.25, -0.2) is 4.68 Å². The summed E-state index contributed by atoms with van der Waals surface area (Å²) in [6.45, 7) is 5.39. The summed E-state index contributed by atoms with van der Waals surface area (Å²) in [5.41, 5.74) is 2.36. The van der Waals surface area contributed by atoms with Gasteiger partial charge in [0.05, 0.1) is 62.2 Å². The van der Waals surface area contributed by atoms with Gasteiger partial charge in [0, 0.05) is 31.7 Å². The number of methoxy groups -OCH3 is 2. The molecule has 0 bridgehead atoms. The van der Waals surface area contributed by atoms with Crippen molar-refractivity contribution >= 4 is 17.4 Å². The molecule has 0 spiro atoms. The Kier molecular flexibility index (Phi) is 7.67. The predicted molar refractivity (Wildman–Crippen MR) is 144 cm³/mol. The zero-order valence-electron chi connectivity index (χ0n) is 22.3. The number of ether oxygens (including phenoxy) is 3. The molecule has 10 heteroatoms. The summed E-state index contributed by atoms with van der Waals surface area (Å²) in [6.07, 6.45) is 1.51. The van der Waals surface area contributed by atoms with E-state index in [4.69, 9.17) is 14.2 Å². The maximum atomic E-state index is 13.6. The number of hydrogen-bond donors (Lipinski definition) is 1. The Hall–Kier alpha value is -4.15. The first-order valence-corrected chi connectivity index (χ1v) is 12.9. The number of nitrogens with zero attached hydrogens (tertiary/aromatic N) is 4. The van der Waals surface area contributed by atoms with E-state index in [-0.39, 0.29) is 17.9 Å². The lowest BCUT2D eigenvalue weighted by Gasteiger charge is -2.31. The highest BCUT2D eigenvalue weighted by Gasteiger charge is 2.47. The molecule has 0 saturated carbocycles. The zero-order chi connectivity index (χ0) is 27.5. The van der Waals surface area contributed by atoms with Crippen LogP contribution in [-0.4, -0.2) is 90.0 Å². The molecule has 1 atom stereocenters. The summed E-state index contributed by atoms with van der Waals surface area (Å²) < 4.78 is 18.3. The summed E-state index contributed by atoms with van der Waals surface area (Å²) in [7, 11) is 3.04. The lowest BCUT2D eigenvalue weighted by molar-refractivity contribution is -0.140. The molecule has 39 heavy (non-hydrogen) atoms. The number of carbonyl (C=O) groups excluding carboxylic acids is 2. The van der Waals surface area contributed by atoms with Crippen LogP contribution in [0.4, 0.5) is 0 Å². The van der Waals surface area contributed by atoms with Crippen LogP contribution in [0.5, 0.6) is 11.5 Å². The molecule has 2 fully saturated rings. The summed E-state index contributed by atoms with van der Waals surface area (Å²) >= 11 is 0. The van der Waals surface area contributed by atoms with Crippen LogP contribution in [0.2, 0.25) is 0 Å². The van der Waals surface area contributed by atoms with Crippen LogP contribution in [0.1, 0.15) is 22.9 Å². The van der Waals surface area contributed by atoms with Gasteiger partial charge in [-0.15, -0.1) is 0 Å². The van der Waals surface area contributed by atoms with Crippen molar-refractivity contribution in [2.45, 2.75) is 13.0 Å². The van der Waals surface area contributed by atoms with Crippen LogP contribution in [0.3, 0.4) is 0 Å². The van der Waals surface area contributed by atoms with Gasteiger partial charge in [-0.1, -0.05) is 30.3 Å². The molecule has 10 nitrogen and oxygen atoms in total. The van der Waals surface area contributed by atoms with Crippen molar-refractivity contribution < 1.29 is 28.9 Å². The van der Waals surface area contributed by atoms with Crippen molar-refractivity contribution in [3.63, 3.8) is 0 Å². The van der Waals surface area contributed by atoms with E-state index in [1.807, 2.05) is 37.3 Å². The molecule has 2 aliphatic rings. The summed E-state index contributed by atoms with van der Waals surface area (Å²) in [5.74, 6) is -0.853. The second kappa shape index (κ2) is 11.3. The number of likely N-dealkylation sites (tertiary alicyclic amines) is 1. The topological polar surface area (TPSA) is 106 Å². The van der Waals surface area contributed by atoms with Gasteiger partial charge in [-0.2, -0.15) is 5.10 Å². The number of carbonyl (C=O) groups is 2. The van der Waals surface area contributed by atoms with E-state index in [0.29, 0.717) is 48.1 Å². The maximum absolute atomic E-state index is 13.6. The zero-order valence-corrected chi connectivity index (χ0v) is 22.3. The highest BCUT2D eigenvalue weighted by molar-refractivity contribution is 6.46. The number of amides is 1. The van der Waals surface area contributed by atoms with Crippen LogP contribution in [0.15, 0.2) is 60.3 Å². The third-order valence-electron chi connectivity index (χ3n) is 7.29. The number of benzene rings is 2. The van der Waals surface area contributed by atoms with E-state index >= 15 is 0 Å². The van der Waals surface area contributed by atoms with Crippen molar-refractivity contribution in [2.75, 3.05) is 53.6 Å². The molecule has 1 aromatic heterocycles. The Balaban J connectivity index is 1.62. The molecule has 0 unspecified atom stereocenters. The summed E-state index contributed by atoms with van der Waals surface area (Å²) in [6, 6.07) is 13.9. The van der Waals surface area contributed by atoms with Crippen molar-refractivity contribution in [1.82, 2.24) is 19.6 Å². The van der Waals surface area contributed by atoms with Crippen molar-refractivity contribution in [2.24, 2.45) is 0 Å². The minimum Gasteiger partial charge on any atom is -0.507 e. The third kappa shape index (κ3) is 4.88. The monoisotopic (exact) mass is 532 g/mol. The van der Waals surface area contributed by atoms with Gasteiger partial charge >= 0.3 is 0 Å². The van der Waals surface area contributed by atoms with E-state index in [0.717, 1.165) is 18.8 Å². The fourth-order valence-electron chi connectivity index (χ4n) is 5.25. The molecular weight excluding hydrogens is 500 g/mol. The molecule has 2 saturated heterocycles. The molecule has 3 aromatic rings. The molecule has 3 heterocycles. The number of para-hydroxylation sites is 2. The van der Waals surface area contributed by atoms with E-state index in [1.165, 1.54) is 25.3 Å². The first kappa shape index (κ1) is 26.5. The van der Waals surface area contributed by atoms with Gasteiger partial charge in [0.1, 0.15) is 5.76 Å². The maximum Gasteiger partial charge on any atom is 0.295 e. The first-order chi connectivity index (χ1) is 19.0. The summed E-state index contributed by atoms with van der Waals surface area (Å²) in [5, 5.41) is 16.1. The molecule has 2 aromatic carbocycles. The molecule has 2 aliphatic heterocycles. The number of aromatic nitrogens is 2. The Morgan fingerprint density at radius 3 is 2.46 bits per heavy atom. The Labute approximate surface area is 227 Å². The van der Waals surface area contributed by atoms with Gasteiger partial charge in [0.2, 0.25) is 0 Å². The van der Waals surface area contributed by atoms with Gasteiger partial charge < -0.3 is 24.2 Å². The molecule has 0 aliphatic carbocycles. The van der Waals surface area contributed by atoms with E-state index in [2.05, 4.69) is 10.00 Å². The lowest BCUT2D eigenvalue weighted by Crippen LogP contribution is -2.42. The molecule has 1 amide bonds. The third-order valence-corrected chi connectivity index (χ3v) is 7.29. The molecule has 204 valence electrons. The van der Waals surface area contributed by atoms with E-state index in [1.54, 1.807) is 22.9 Å². The minimum atomic E-state index is -0.879. The van der Waals surface area contributed by atoms with Gasteiger partial charge in [-0.05, 0) is 25.1 Å². The highest BCUT2D eigenvalue weighted by Crippen LogP contribution is 2.45. The minimum absolute atomic E-state index is 0.00996. The van der Waals surface area contributed by atoms with Crippen LogP contribution >= 0.6 is 0 Å². The number of Topliss-reactive ketones (excluding diaryl/α,β-unsaturated/α-hetero) is 1. The number of ketones is 1. The number of aliphatic hydroxyl groups is 1. The van der Waals surface area contributed by atoms with Gasteiger partial charge in [-0.3, -0.25) is 14.5 Å². The van der Waals surface area contributed by atoms with Crippen LogP contribution in [0.25, 0.3) is 11.4 Å². The van der Waals surface area contributed by atoms with Crippen molar-refractivity contribution in [3.8, 4) is 17.2 Å². The fourth-order valence-corrected chi connectivity index (χ4v) is 5.25. The fraction of sp³-hybridized carbons (Fsp3) is 0.345. The Bertz CT molecular complexity index is 1390. The van der Waals surface area contributed by atoms with Gasteiger partial charge in [0.15, 0.2) is 11.5 Å². The lowest BCUT2D eigenvalue weighted by atomic mass is 9.94. The first-order valence-electron chi connectivity index (χ1n) is 12.9. The normalized spacial score (nSPS) is 19.5. The number of rotatable bonds is 8. The summed E-state index contributed by atoms with van der Waals surface area (Å²) in [4.78, 5) is 30.7. The second-order valence-electron chi connectivity index (χ2n) is 9.42. The van der Waals surface area contributed by atoms with E-state index < -0.39 is 17.7 Å². The molecule has 1 N–H and O–H groups in total. The van der Waals surface area contributed by atoms with Crippen molar-refractivity contribution in [1.29, 1.82) is 0 Å². The largest absolute Gasteiger partial charge is 0.507 e. The van der Waals surface area contributed by atoms with Crippen LogP contribution < -0.4 is 9.47 Å². The Morgan fingerprint density at radius 1 is 1.03 bits per heavy atom. The van der Waals surface area contributed by atoms with Crippen LogP contribution in [0, 0.1) is 6.92 Å². The number of morpholine rings is 1. The quantitative estimate of drug-likeness (QED) is 0.268. The Morgan fingerprint density at radius 2 is 1.77 bits per heavy atom. The number of aliphatic hydroxyl groups excluding tert-OH is 1. The van der Waals surface area contributed by atoms with Crippen molar-refractivity contribution in [3.05, 3.63) is 77.1 Å². The highest BCUT2D eigenvalue weighted by atomic mass is 16.5. The van der Waals surface area contributed by atoms with Crippen LogP contribution in [-0.2, 0) is 14.3 Å². The standard InChI is InChI=1S/C29H32N4O6/c1-19-22(18-30-33(19)20-8-5-4-6-9-20)26(34)24-25(21-10-7-11-23(37-2)28(21)38-3)32(29(36)27(24)35)13-12-31-14-16-39-17-15-31/h4-11,18,25,34H,12-17H2,1-3H3/b26-24+/t25-/m1/s1. The average Bonchev–Trinajstić information content (AvgIpc) is 3.48. The SMILES string of the molecule is COc1cccc([C@@H]2/C(=C(\O)c3cnn(-c4ccccc4)c3C)C(=O)C(=O)N2CCN2CCOCC2)c1OC. The molecular formula is C29H32N4O6.